The molecule has 0 saturated carbocycles. The van der Waals surface area contributed by atoms with E-state index in [1.54, 1.807) is 4.90 Å². The quantitative estimate of drug-likeness (QED) is 0.844. The number of anilines is 1. The van der Waals surface area contributed by atoms with E-state index in [4.69, 9.17) is 0 Å². The fraction of sp³-hybridized carbons (Fsp3) is 0.381. The van der Waals surface area contributed by atoms with Gasteiger partial charge in [0.05, 0.1) is 0 Å². The van der Waals surface area contributed by atoms with Crippen molar-refractivity contribution < 1.29 is 9.90 Å². The van der Waals surface area contributed by atoms with Crippen LogP contribution >= 0.6 is 0 Å². The first-order valence-corrected chi connectivity index (χ1v) is 9.04. The van der Waals surface area contributed by atoms with Gasteiger partial charge in [0.15, 0.2) is 0 Å². The summed E-state index contributed by atoms with van der Waals surface area (Å²) in [5.74, 6) is 0.218. The number of hydrogen-bond donors (Lipinski definition) is 2. The fourth-order valence-electron chi connectivity index (χ4n) is 3.31. The first-order valence-electron chi connectivity index (χ1n) is 9.04. The van der Waals surface area contributed by atoms with E-state index in [1.165, 1.54) is 11.1 Å². The normalized spacial score (nSPS) is 16.8. The third-order valence-corrected chi connectivity index (χ3v) is 4.78. The van der Waals surface area contributed by atoms with E-state index < -0.39 is 0 Å². The molecule has 4 heteroatoms. The van der Waals surface area contributed by atoms with Crippen molar-refractivity contribution in [2.45, 2.75) is 25.7 Å². The molecule has 1 aliphatic heterocycles. The van der Waals surface area contributed by atoms with Crippen LogP contribution in [0.4, 0.5) is 10.5 Å². The van der Waals surface area contributed by atoms with Crippen molar-refractivity contribution in [1.29, 1.82) is 0 Å². The first kappa shape index (κ1) is 17.5. The molecule has 1 heterocycles. The van der Waals surface area contributed by atoms with Crippen LogP contribution in [0, 0.1) is 5.92 Å². The Hall–Kier alpha value is -2.33. The van der Waals surface area contributed by atoms with Gasteiger partial charge in [0.25, 0.3) is 0 Å². The number of amides is 2. The van der Waals surface area contributed by atoms with E-state index in [-0.39, 0.29) is 18.6 Å². The highest BCUT2D eigenvalue weighted by molar-refractivity contribution is 5.89. The summed E-state index contributed by atoms with van der Waals surface area (Å²) in [6.45, 7) is 1.51. The summed E-state index contributed by atoms with van der Waals surface area (Å²) in [5, 5.41) is 12.2. The van der Waals surface area contributed by atoms with E-state index in [1.807, 2.05) is 18.2 Å². The molecule has 3 rings (SSSR count). The van der Waals surface area contributed by atoms with Crippen LogP contribution in [0.1, 0.15) is 24.0 Å². The number of aryl methyl sites for hydroxylation is 2. The molecule has 1 saturated heterocycles. The van der Waals surface area contributed by atoms with Crippen LogP contribution in [0.2, 0.25) is 0 Å². The van der Waals surface area contributed by atoms with Crippen LogP contribution in [0.3, 0.4) is 0 Å². The molecule has 2 aromatic carbocycles. The van der Waals surface area contributed by atoms with Crippen LogP contribution in [0.5, 0.6) is 0 Å². The molecule has 25 heavy (non-hydrogen) atoms. The van der Waals surface area contributed by atoms with Gasteiger partial charge >= 0.3 is 6.03 Å². The predicted octanol–water partition coefficient (Wildman–Crippen LogP) is 3.71. The van der Waals surface area contributed by atoms with Gasteiger partial charge in [0.1, 0.15) is 0 Å². The highest BCUT2D eigenvalue weighted by Gasteiger charge is 2.25. The standard InChI is InChI=1S/C21H26N2O2/c24-16-19-12-13-23(15-19)21(25)22-20-11-5-10-18(14-20)9-4-8-17-6-2-1-3-7-17/h1-3,5-7,10-11,14,19,24H,4,8-9,12-13,15-16H2,(H,22,25). The zero-order valence-corrected chi connectivity index (χ0v) is 14.5. The Balaban J connectivity index is 1.50. The van der Waals surface area contributed by atoms with E-state index in [9.17, 15) is 9.90 Å². The molecular formula is C21H26N2O2. The molecule has 1 unspecified atom stereocenters. The van der Waals surface area contributed by atoms with Crippen LogP contribution in [-0.4, -0.2) is 35.7 Å². The summed E-state index contributed by atoms with van der Waals surface area (Å²) >= 11 is 0. The van der Waals surface area contributed by atoms with Crippen molar-refractivity contribution in [3.05, 3.63) is 65.7 Å². The Kier molecular flexibility index (Phi) is 6.07. The van der Waals surface area contributed by atoms with Crippen molar-refractivity contribution >= 4 is 11.7 Å². The van der Waals surface area contributed by atoms with Gasteiger partial charge in [-0.05, 0) is 48.9 Å². The molecule has 1 atom stereocenters. The summed E-state index contributed by atoms with van der Waals surface area (Å²) in [4.78, 5) is 14.1. The SMILES string of the molecule is O=C(Nc1cccc(CCCc2ccccc2)c1)N1CCC(CO)C1. The smallest absolute Gasteiger partial charge is 0.321 e. The minimum atomic E-state index is -0.0719. The van der Waals surface area contributed by atoms with Crippen LogP contribution < -0.4 is 5.32 Å². The number of carbonyl (C=O) groups is 1. The van der Waals surface area contributed by atoms with Crippen molar-refractivity contribution in [1.82, 2.24) is 4.90 Å². The summed E-state index contributed by atoms with van der Waals surface area (Å²) in [6.07, 6.45) is 4.03. The molecule has 2 N–H and O–H groups in total. The summed E-state index contributed by atoms with van der Waals surface area (Å²) < 4.78 is 0. The van der Waals surface area contributed by atoms with Crippen molar-refractivity contribution in [2.24, 2.45) is 5.92 Å². The maximum Gasteiger partial charge on any atom is 0.321 e. The maximum absolute atomic E-state index is 12.3. The highest BCUT2D eigenvalue weighted by Crippen LogP contribution is 2.18. The number of hydrogen-bond acceptors (Lipinski definition) is 2. The van der Waals surface area contributed by atoms with E-state index in [0.29, 0.717) is 13.1 Å². The predicted molar refractivity (Wildman–Crippen MR) is 101 cm³/mol. The monoisotopic (exact) mass is 338 g/mol. The number of urea groups is 1. The zero-order chi connectivity index (χ0) is 17.5. The van der Waals surface area contributed by atoms with Gasteiger partial charge in [-0.3, -0.25) is 0 Å². The zero-order valence-electron chi connectivity index (χ0n) is 14.5. The molecule has 0 bridgehead atoms. The summed E-state index contributed by atoms with van der Waals surface area (Å²) in [7, 11) is 0. The van der Waals surface area contributed by atoms with Crippen LogP contribution in [0.25, 0.3) is 0 Å². The third-order valence-electron chi connectivity index (χ3n) is 4.78. The largest absolute Gasteiger partial charge is 0.396 e. The lowest BCUT2D eigenvalue weighted by Gasteiger charge is -2.17. The second-order valence-corrected chi connectivity index (χ2v) is 6.75. The minimum absolute atomic E-state index is 0.0719. The Morgan fingerprint density at radius 2 is 1.84 bits per heavy atom. The first-order chi connectivity index (χ1) is 12.2. The Labute approximate surface area is 149 Å². The summed E-state index contributed by atoms with van der Waals surface area (Å²) in [6, 6.07) is 18.5. The van der Waals surface area contributed by atoms with Gasteiger partial charge in [-0.2, -0.15) is 0 Å². The molecule has 0 radical (unpaired) electrons. The lowest BCUT2D eigenvalue weighted by molar-refractivity contribution is 0.209. The highest BCUT2D eigenvalue weighted by atomic mass is 16.3. The number of nitrogens with zero attached hydrogens (tertiary/aromatic N) is 1. The van der Waals surface area contributed by atoms with Gasteiger partial charge < -0.3 is 15.3 Å². The number of aliphatic hydroxyl groups is 1. The van der Waals surface area contributed by atoms with Gasteiger partial charge in [0, 0.05) is 31.3 Å². The van der Waals surface area contributed by atoms with E-state index >= 15 is 0 Å². The molecule has 1 aliphatic rings. The Bertz CT molecular complexity index is 687. The van der Waals surface area contributed by atoms with Crippen LogP contribution in [0.15, 0.2) is 54.6 Å². The topological polar surface area (TPSA) is 52.6 Å². The number of likely N-dealkylation sites (tertiary alicyclic amines) is 1. The average Bonchev–Trinajstić information content (AvgIpc) is 3.12. The minimum Gasteiger partial charge on any atom is -0.396 e. The molecule has 0 spiro atoms. The molecule has 0 aromatic heterocycles. The maximum atomic E-state index is 12.3. The Morgan fingerprint density at radius 1 is 1.08 bits per heavy atom. The van der Waals surface area contributed by atoms with Gasteiger partial charge in [-0.1, -0.05) is 42.5 Å². The second-order valence-electron chi connectivity index (χ2n) is 6.75. The molecule has 0 aliphatic carbocycles. The molecule has 2 amide bonds. The molecule has 132 valence electrons. The number of carbonyl (C=O) groups excluding carboxylic acids is 1. The van der Waals surface area contributed by atoms with Gasteiger partial charge in [-0.25, -0.2) is 4.79 Å². The summed E-state index contributed by atoms with van der Waals surface area (Å²) in [5.41, 5.74) is 3.44. The fourth-order valence-corrected chi connectivity index (χ4v) is 3.31. The molecule has 4 nitrogen and oxygen atoms in total. The van der Waals surface area contributed by atoms with Gasteiger partial charge in [0.2, 0.25) is 0 Å². The third kappa shape index (κ3) is 5.07. The number of benzene rings is 2. The van der Waals surface area contributed by atoms with Gasteiger partial charge in [-0.15, -0.1) is 0 Å². The second kappa shape index (κ2) is 8.67. The average molecular weight is 338 g/mol. The lowest BCUT2D eigenvalue weighted by atomic mass is 10.0. The number of aliphatic hydroxyl groups excluding tert-OH is 1. The van der Waals surface area contributed by atoms with Crippen molar-refractivity contribution in [3.63, 3.8) is 0 Å². The van der Waals surface area contributed by atoms with E-state index in [2.05, 4.69) is 41.7 Å². The van der Waals surface area contributed by atoms with Crippen molar-refractivity contribution in [2.75, 3.05) is 25.0 Å². The number of rotatable bonds is 6. The lowest BCUT2D eigenvalue weighted by Crippen LogP contribution is -2.33. The Morgan fingerprint density at radius 3 is 2.60 bits per heavy atom. The van der Waals surface area contributed by atoms with Crippen LogP contribution in [-0.2, 0) is 12.8 Å². The molecule has 1 fully saturated rings. The molecule has 2 aromatic rings. The number of nitrogens with one attached hydrogen (secondary N) is 1. The van der Waals surface area contributed by atoms with E-state index in [0.717, 1.165) is 31.4 Å². The molecular weight excluding hydrogens is 312 g/mol. The van der Waals surface area contributed by atoms with Crippen molar-refractivity contribution in [3.8, 4) is 0 Å².